The van der Waals surface area contributed by atoms with Crippen LogP contribution in [0.5, 0.6) is 0 Å². The van der Waals surface area contributed by atoms with Crippen molar-refractivity contribution in [2.24, 2.45) is 0 Å². The minimum atomic E-state index is -0.264. The Kier molecular flexibility index (Phi) is 21.4. The first kappa shape index (κ1) is 51.2. The number of carbonyl (C=O) groups excluding carboxylic acids is 3. The first-order valence-electron chi connectivity index (χ1n) is 20.5. The Bertz CT molecular complexity index is 2550. The molecule has 2 aromatic heterocycles. The number of rotatable bonds is 10. The van der Waals surface area contributed by atoms with Crippen molar-refractivity contribution < 1.29 is 67.9 Å². The second kappa shape index (κ2) is 27.7. The van der Waals surface area contributed by atoms with Crippen LogP contribution < -0.4 is 15.3 Å². The van der Waals surface area contributed by atoms with Crippen molar-refractivity contribution in [3.05, 3.63) is 281 Å². The van der Waals surface area contributed by atoms with Crippen molar-refractivity contribution in [2.75, 3.05) is 0 Å². The minimum absolute atomic E-state index is 0. The molecule has 0 saturated heterocycles. The van der Waals surface area contributed by atoms with Gasteiger partial charge in [0, 0.05) is 29.1 Å². The molecule has 0 amide bonds. The molecule has 0 aliphatic heterocycles. The number of benzene rings is 6. The Morgan fingerprint density at radius 3 is 0.773 bits per heavy atom. The zero-order valence-corrected chi connectivity index (χ0v) is 38.2. The van der Waals surface area contributed by atoms with Crippen LogP contribution in [0.2, 0.25) is 0 Å². The molecular formula is C57H45DyN2O6. The molecule has 0 spiro atoms. The number of aromatic nitrogens is 2. The van der Waals surface area contributed by atoms with E-state index in [1.165, 1.54) is 11.1 Å². The molecule has 0 fully saturated rings. The quantitative estimate of drug-likeness (QED) is 0.0748. The molecule has 0 saturated carbocycles. The van der Waals surface area contributed by atoms with Crippen LogP contribution in [0.4, 0.5) is 0 Å². The SMILES string of the molecule is Cc1ccnc(-c2cc(C)ccn2)c1.O=C(/C=C(\[O-])c1ccccc1)c1ccccc1.O=C(/C=C(\[O-])c1ccccc1)c1ccccc1.O=C(/C=C(\[O-])c1ccccc1)c1ccccc1.[Dy+3]. The molecular weight excluding hydrogens is 971 g/mol. The van der Waals surface area contributed by atoms with Crippen LogP contribution in [0.3, 0.4) is 0 Å². The van der Waals surface area contributed by atoms with Gasteiger partial charge >= 0.3 is 38.2 Å². The molecule has 0 atom stereocenters. The molecule has 66 heavy (non-hydrogen) atoms. The van der Waals surface area contributed by atoms with Gasteiger partial charge in [0.2, 0.25) is 0 Å². The predicted octanol–water partition coefficient (Wildman–Crippen LogP) is 9.57. The fraction of sp³-hybridized carbons (Fsp3) is 0.0351. The maximum atomic E-state index is 11.8. The summed E-state index contributed by atoms with van der Waals surface area (Å²) in [5, 5.41) is 35.3. The molecule has 8 rings (SSSR count). The maximum absolute atomic E-state index is 11.8. The molecule has 8 aromatic rings. The third-order valence-corrected chi connectivity index (χ3v) is 9.23. The summed E-state index contributed by atoms with van der Waals surface area (Å²) in [4.78, 5) is 43.8. The van der Waals surface area contributed by atoms with Gasteiger partial charge in [-0.3, -0.25) is 24.4 Å². The zero-order chi connectivity index (χ0) is 46.2. The van der Waals surface area contributed by atoms with E-state index in [2.05, 4.69) is 23.8 Å². The van der Waals surface area contributed by atoms with Crippen molar-refractivity contribution in [3.63, 3.8) is 0 Å². The van der Waals surface area contributed by atoms with E-state index in [4.69, 9.17) is 0 Å². The van der Waals surface area contributed by atoms with Gasteiger partial charge in [-0.15, -0.1) is 0 Å². The van der Waals surface area contributed by atoms with E-state index in [9.17, 15) is 29.7 Å². The second-order valence-corrected chi connectivity index (χ2v) is 14.3. The summed E-state index contributed by atoms with van der Waals surface area (Å²) in [6.45, 7) is 4.11. The third-order valence-electron chi connectivity index (χ3n) is 9.23. The molecule has 9 heteroatoms. The van der Waals surface area contributed by atoms with Crippen LogP contribution in [-0.4, -0.2) is 27.3 Å². The van der Waals surface area contributed by atoms with Crippen molar-refractivity contribution in [2.45, 2.75) is 13.8 Å². The summed E-state index contributed by atoms with van der Waals surface area (Å²) >= 11 is 0. The molecule has 6 aromatic carbocycles. The summed E-state index contributed by atoms with van der Waals surface area (Å²) in [7, 11) is 0. The molecule has 8 nitrogen and oxygen atoms in total. The zero-order valence-electron chi connectivity index (χ0n) is 36.2. The van der Waals surface area contributed by atoms with Gasteiger partial charge in [0.25, 0.3) is 0 Å². The van der Waals surface area contributed by atoms with Gasteiger partial charge in [-0.2, -0.15) is 0 Å². The number of ketones is 3. The van der Waals surface area contributed by atoms with Gasteiger partial charge in [0.05, 0.1) is 11.4 Å². The number of hydrogen-bond acceptors (Lipinski definition) is 8. The van der Waals surface area contributed by atoms with Crippen molar-refractivity contribution in [1.82, 2.24) is 9.97 Å². The Labute approximate surface area is 416 Å². The van der Waals surface area contributed by atoms with E-state index in [1.54, 1.807) is 146 Å². The summed E-state index contributed by atoms with van der Waals surface area (Å²) < 4.78 is 0. The summed E-state index contributed by atoms with van der Waals surface area (Å²) in [6, 6.07) is 60.6. The number of allylic oxidation sites excluding steroid dienone is 3. The Balaban J connectivity index is 0.000000192. The Morgan fingerprint density at radius 1 is 0.348 bits per heavy atom. The van der Waals surface area contributed by atoms with E-state index in [-0.39, 0.29) is 72.8 Å². The van der Waals surface area contributed by atoms with E-state index < -0.39 is 0 Å². The molecule has 2 heterocycles. The average Bonchev–Trinajstić information content (AvgIpc) is 3.36. The van der Waals surface area contributed by atoms with Crippen LogP contribution in [-0.2, 0) is 0 Å². The number of nitrogens with zero attached hydrogens (tertiary/aromatic N) is 2. The minimum Gasteiger partial charge on any atom is -0.872 e. The van der Waals surface area contributed by atoms with Crippen LogP contribution >= 0.6 is 0 Å². The number of aryl methyl sites for hydroxylation is 2. The first-order chi connectivity index (χ1) is 31.6. The van der Waals surface area contributed by atoms with E-state index in [0.29, 0.717) is 33.4 Å². The van der Waals surface area contributed by atoms with Crippen LogP contribution in [0, 0.1) is 52.0 Å². The van der Waals surface area contributed by atoms with Crippen LogP contribution in [0.1, 0.15) is 58.9 Å². The smallest absolute Gasteiger partial charge is 0.872 e. The van der Waals surface area contributed by atoms with Gasteiger partial charge < -0.3 is 15.3 Å². The molecule has 0 aliphatic carbocycles. The molecule has 0 aliphatic rings. The molecule has 0 bridgehead atoms. The van der Waals surface area contributed by atoms with Crippen molar-refractivity contribution in [1.29, 1.82) is 0 Å². The van der Waals surface area contributed by atoms with Gasteiger partial charge in [0.15, 0.2) is 17.3 Å². The number of hydrogen-bond donors (Lipinski definition) is 0. The predicted molar refractivity (Wildman–Crippen MR) is 253 cm³/mol. The largest absolute Gasteiger partial charge is 3.00 e. The molecule has 329 valence electrons. The molecule has 0 N–H and O–H groups in total. The van der Waals surface area contributed by atoms with Crippen LogP contribution in [0.15, 0.2) is 237 Å². The van der Waals surface area contributed by atoms with E-state index >= 15 is 0 Å². The van der Waals surface area contributed by atoms with Gasteiger partial charge in [-0.25, -0.2) is 0 Å². The van der Waals surface area contributed by atoms with Gasteiger partial charge in [-0.05, 0) is 84.2 Å². The third kappa shape index (κ3) is 17.2. The number of pyridine rings is 2. The van der Waals surface area contributed by atoms with Gasteiger partial charge in [-0.1, -0.05) is 199 Å². The average molecular weight is 1020 g/mol. The summed E-state index contributed by atoms with van der Waals surface area (Å²) in [5.41, 5.74) is 7.44. The summed E-state index contributed by atoms with van der Waals surface area (Å²) in [5.74, 6) is -1.59. The summed E-state index contributed by atoms with van der Waals surface area (Å²) in [6.07, 6.45) is 7.02. The normalized spacial score (nSPS) is 10.8. The van der Waals surface area contributed by atoms with Crippen molar-refractivity contribution >= 4 is 34.6 Å². The van der Waals surface area contributed by atoms with Crippen molar-refractivity contribution in [3.8, 4) is 11.4 Å². The maximum Gasteiger partial charge on any atom is 3.00 e. The fourth-order valence-corrected chi connectivity index (χ4v) is 5.82. The monoisotopic (exact) mass is 1020 g/mol. The Morgan fingerprint density at radius 2 is 0.561 bits per heavy atom. The van der Waals surface area contributed by atoms with E-state index in [0.717, 1.165) is 29.6 Å². The first-order valence-corrected chi connectivity index (χ1v) is 20.5. The Hall–Kier alpha value is -7.48. The molecule has 1 radical (unpaired) electrons. The number of carbonyl (C=O) groups is 3. The fourth-order valence-electron chi connectivity index (χ4n) is 5.82. The van der Waals surface area contributed by atoms with E-state index in [1.807, 2.05) is 73.1 Å². The second-order valence-electron chi connectivity index (χ2n) is 14.3. The van der Waals surface area contributed by atoms with Crippen LogP contribution in [0.25, 0.3) is 28.7 Å². The topological polar surface area (TPSA) is 146 Å². The standard InChI is InChI=1S/3C15H12O2.C12H12N2.Dy/c3*16-14(12-7-3-1-4-8-12)11-15(17)13-9-5-2-6-10-13;1-9-3-5-13-11(7-9)12-8-10(2)4-6-14-12;/h3*1-11,16H;3-8H,1-2H3;/q;;;;+3/p-3/b3*14-11-;;. The molecule has 0 unspecified atom stereocenters. The van der Waals surface area contributed by atoms with Gasteiger partial charge in [0.1, 0.15) is 0 Å².